The summed E-state index contributed by atoms with van der Waals surface area (Å²) < 4.78 is 48.2. The predicted octanol–water partition coefficient (Wildman–Crippen LogP) is 0.482. The van der Waals surface area contributed by atoms with Crippen molar-refractivity contribution in [2.24, 2.45) is 5.73 Å². The van der Waals surface area contributed by atoms with Crippen LogP contribution in [0, 0.1) is 6.92 Å². The molecule has 0 radical (unpaired) electrons. The van der Waals surface area contributed by atoms with Gasteiger partial charge in [-0.3, -0.25) is 4.31 Å². The van der Waals surface area contributed by atoms with Crippen LogP contribution >= 0.6 is 0 Å². The average Bonchev–Trinajstić information content (AvgIpc) is 2.28. The highest BCUT2D eigenvalue weighted by Gasteiger charge is 2.26. The Bertz CT molecular complexity index is 637. The Hall–Kier alpha value is -1.12. The second-order valence-corrected chi connectivity index (χ2v) is 9.10. The van der Waals surface area contributed by atoms with Crippen molar-refractivity contribution in [3.63, 3.8) is 0 Å². The maximum Gasteiger partial charge on any atom is 0.249 e. The molecule has 0 spiro atoms. The first kappa shape index (κ1) is 16.9. The van der Waals surface area contributed by atoms with Gasteiger partial charge in [-0.05, 0) is 32.0 Å². The molecule has 0 fully saturated rings. The van der Waals surface area contributed by atoms with Crippen molar-refractivity contribution in [1.29, 1.82) is 0 Å². The van der Waals surface area contributed by atoms with E-state index in [9.17, 15) is 16.8 Å². The molecule has 0 heterocycles. The molecule has 0 aromatic heterocycles. The molecule has 8 heteroatoms. The van der Waals surface area contributed by atoms with E-state index in [2.05, 4.69) is 0 Å². The lowest BCUT2D eigenvalue weighted by Crippen LogP contribution is -2.36. The van der Waals surface area contributed by atoms with Crippen LogP contribution in [0.15, 0.2) is 24.3 Å². The molecule has 0 bridgehead atoms. The Kier molecular flexibility index (Phi) is 5.55. The summed E-state index contributed by atoms with van der Waals surface area (Å²) >= 11 is 0. The predicted molar refractivity (Wildman–Crippen MR) is 80.8 cm³/mol. The Morgan fingerprint density at radius 1 is 1.10 bits per heavy atom. The Balaban J connectivity index is 3.15. The molecule has 114 valence electrons. The average molecular weight is 320 g/mol. The Labute approximate surface area is 120 Å². The quantitative estimate of drug-likeness (QED) is 0.788. The first-order valence-electron chi connectivity index (χ1n) is 6.10. The molecule has 0 aliphatic rings. The molecule has 20 heavy (non-hydrogen) atoms. The summed E-state index contributed by atoms with van der Waals surface area (Å²) in [6.07, 6.45) is 1.36. The molecule has 1 rings (SSSR count). The fourth-order valence-electron chi connectivity index (χ4n) is 1.71. The lowest BCUT2D eigenvalue weighted by Gasteiger charge is -2.24. The largest absolute Gasteiger partial charge is 0.330 e. The normalized spacial score (nSPS) is 12.3. The molecule has 1 aromatic rings. The fourth-order valence-corrected chi connectivity index (χ4v) is 5.23. The summed E-state index contributed by atoms with van der Waals surface area (Å²) in [6, 6.07) is 6.87. The third-order valence-electron chi connectivity index (χ3n) is 2.59. The summed E-state index contributed by atoms with van der Waals surface area (Å²) in [4.78, 5) is 0. The highest BCUT2D eigenvalue weighted by Crippen LogP contribution is 2.20. The topological polar surface area (TPSA) is 97.5 Å². The van der Waals surface area contributed by atoms with Crippen LogP contribution in [0.25, 0.3) is 0 Å². The van der Waals surface area contributed by atoms with Gasteiger partial charge in [-0.2, -0.15) is 0 Å². The molecule has 0 saturated carbocycles. The monoisotopic (exact) mass is 320 g/mol. The van der Waals surface area contributed by atoms with Gasteiger partial charge in [0, 0.05) is 12.8 Å². The number of hydrogen-bond acceptors (Lipinski definition) is 5. The lowest BCUT2D eigenvalue weighted by atomic mass is 10.2. The fraction of sp³-hybridized carbons (Fsp3) is 0.500. The van der Waals surface area contributed by atoms with E-state index in [1.54, 1.807) is 24.3 Å². The van der Waals surface area contributed by atoms with Crippen molar-refractivity contribution < 1.29 is 16.8 Å². The van der Waals surface area contributed by atoms with Gasteiger partial charge in [0.1, 0.15) is 0 Å². The zero-order valence-corrected chi connectivity index (χ0v) is 13.2. The van der Waals surface area contributed by atoms with Crippen LogP contribution in [-0.2, 0) is 19.9 Å². The first-order valence-corrected chi connectivity index (χ1v) is 9.77. The zero-order valence-electron chi connectivity index (χ0n) is 11.6. The van der Waals surface area contributed by atoms with Gasteiger partial charge in [0.2, 0.25) is 10.0 Å². The Morgan fingerprint density at radius 2 is 1.65 bits per heavy atom. The van der Waals surface area contributed by atoms with Crippen LogP contribution in [0.3, 0.4) is 0 Å². The molecule has 6 nitrogen and oxygen atoms in total. The number of rotatable bonds is 7. The molecule has 0 aliphatic carbocycles. The highest BCUT2D eigenvalue weighted by molar-refractivity contribution is 8.08. The minimum atomic E-state index is -3.93. The minimum Gasteiger partial charge on any atom is -0.330 e. The van der Waals surface area contributed by atoms with Gasteiger partial charge in [-0.25, -0.2) is 16.8 Å². The van der Waals surface area contributed by atoms with Crippen LogP contribution in [0.4, 0.5) is 5.69 Å². The summed E-state index contributed by atoms with van der Waals surface area (Å²) in [7, 11) is -7.56. The molecule has 1 aromatic carbocycles. The molecular formula is C12H20N2O4S2. The molecule has 0 atom stereocenters. The molecular weight excluding hydrogens is 300 g/mol. The van der Waals surface area contributed by atoms with Crippen molar-refractivity contribution >= 4 is 25.5 Å². The van der Waals surface area contributed by atoms with Crippen molar-refractivity contribution in [3.05, 3.63) is 29.8 Å². The number of aryl methyl sites for hydroxylation is 1. The number of sulfone groups is 1. The maximum absolute atomic E-state index is 12.2. The number of hydrogen-bond donors (Lipinski definition) is 1. The van der Waals surface area contributed by atoms with E-state index in [1.165, 1.54) is 0 Å². The molecule has 0 amide bonds. The van der Waals surface area contributed by atoms with E-state index >= 15 is 0 Å². The Morgan fingerprint density at radius 3 is 2.10 bits per heavy atom. The van der Waals surface area contributed by atoms with Crippen LogP contribution in [0.5, 0.6) is 0 Å². The number of nitrogens with two attached hydrogens (primary N) is 1. The molecule has 0 unspecified atom stereocenters. The maximum atomic E-state index is 12.2. The van der Waals surface area contributed by atoms with Gasteiger partial charge in [0.25, 0.3) is 0 Å². The third-order valence-corrected chi connectivity index (χ3v) is 6.56. The van der Waals surface area contributed by atoms with E-state index < -0.39 is 24.9 Å². The summed E-state index contributed by atoms with van der Waals surface area (Å²) in [5.74, 6) is 0. The van der Waals surface area contributed by atoms with Crippen LogP contribution in [-0.4, -0.2) is 41.3 Å². The second kappa shape index (κ2) is 6.55. The number of benzene rings is 1. The second-order valence-electron chi connectivity index (χ2n) is 4.71. The van der Waals surface area contributed by atoms with E-state index in [0.717, 1.165) is 16.1 Å². The summed E-state index contributed by atoms with van der Waals surface area (Å²) in [5.41, 5.74) is 6.85. The van der Waals surface area contributed by atoms with Crippen LogP contribution in [0.2, 0.25) is 0 Å². The SMILES string of the molecule is Cc1ccc(N(CCCN)S(=O)(=O)CS(C)(=O)=O)cc1. The van der Waals surface area contributed by atoms with E-state index in [4.69, 9.17) is 5.73 Å². The van der Waals surface area contributed by atoms with E-state index in [-0.39, 0.29) is 6.54 Å². The molecule has 0 saturated heterocycles. The van der Waals surface area contributed by atoms with E-state index in [0.29, 0.717) is 18.7 Å². The van der Waals surface area contributed by atoms with Gasteiger partial charge in [-0.15, -0.1) is 0 Å². The van der Waals surface area contributed by atoms with Gasteiger partial charge >= 0.3 is 0 Å². The smallest absolute Gasteiger partial charge is 0.249 e. The van der Waals surface area contributed by atoms with Gasteiger partial charge in [0.15, 0.2) is 14.9 Å². The number of nitrogens with zero attached hydrogens (tertiary/aromatic N) is 1. The molecule has 2 N–H and O–H groups in total. The van der Waals surface area contributed by atoms with Crippen LogP contribution < -0.4 is 10.0 Å². The van der Waals surface area contributed by atoms with Crippen molar-refractivity contribution in [2.75, 3.05) is 28.7 Å². The van der Waals surface area contributed by atoms with Crippen molar-refractivity contribution in [1.82, 2.24) is 0 Å². The first-order chi connectivity index (χ1) is 9.15. The third kappa shape index (κ3) is 5.10. The van der Waals surface area contributed by atoms with E-state index in [1.807, 2.05) is 6.92 Å². The summed E-state index contributed by atoms with van der Waals surface area (Å²) in [6.45, 7) is 2.38. The van der Waals surface area contributed by atoms with Gasteiger partial charge in [0.05, 0.1) is 5.69 Å². The number of sulfonamides is 1. The van der Waals surface area contributed by atoms with Gasteiger partial charge in [-0.1, -0.05) is 17.7 Å². The number of anilines is 1. The zero-order chi connectivity index (χ0) is 15.4. The standard InChI is InChI=1S/C12H20N2O4S2/c1-11-4-6-12(7-5-11)14(9-3-8-13)20(17,18)10-19(2,15)16/h4-7H,3,8-10,13H2,1-2H3. The minimum absolute atomic E-state index is 0.164. The molecule has 0 aliphatic heterocycles. The lowest BCUT2D eigenvalue weighted by molar-refractivity contribution is 0.587. The van der Waals surface area contributed by atoms with Crippen molar-refractivity contribution in [3.8, 4) is 0 Å². The van der Waals surface area contributed by atoms with Crippen LogP contribution in [0.1, 0.15) is 12.0 Å². The van der Waals surface area contributed by atoms with Gasteiger partial charge < -0.3 is 5.73 Å². The van der Waals surface area contributed by atoms with Crippen molar-refractivity contribution in [2.45, 2.75) is 13.3 Å². The highest BCUT2D eigenvalue weighted by atomic mass is 32.3. The summed E-state index contributed by atoms with van der Waals surface area (Å²) in [5, 5.41) is -0.904.